The lowest BCUT2D eigenvalue weighted by Crippen LogP contribution is -2.13. The van der Waals surface area contributed by atoms with Crippen LogP contribution in [0.15, 0.2) is 63.7 Å². The van der Waals surface area contributed by atoms with Crippen molar-refractivity contribution in [2.45, 2.75) is 50.8 Å². The molecule has 3 heterocycles. The minimum absolute atomic E-state index is 0.124. The normalized spacial score (nSPS) is 12.1. The van der Waals surface area contributed by atoms with E-state index >= 15 is 0 Å². The predicted molar refractivity (Wildman–Crippen MR) is 167 cm³/mol. The molecule has 16 heteroatoms. The summed E-state index contributed by atoms with van der Waals surface area (Å²) in [7, 11) is -2.27. The van der Waals surface area contributed by atoms with Gasteiger partial charge in [0.2, 0.25) is 5.65 Å². The van der Waals surface area contributed by atoms with Crippen molar-refractivity contribution in [2.24, 2.45) is 17.3 Å². The Kier molecular flexibility index (Phi) is 8.62. The largest absolute Gasteiger partial charge is 0.494 e. The van der Waals surface area contributed by atoms with Crippen molar-refractivity contribution in [3.05, 3.63) is 76.9 Å². The van der Waals surface area contributed by atoms with Crippen molar-refractivity contribution in [3.63, 3.8) is 0 Å². The Hall–Kier alpha value is -5.56. The minimum atomic E-state index is -3.98. The van der Waals surface area contributed by atoms with Gasteiger partial charge in [0, 0.05) is 24.6 Å². The van der Waals surface area contributed by atoms with Crippen molar-refractivity contribution < 1.29 is 23.1 Å². The molecule has 5 aromatic rings. The smallest absolute Gasteiger partial charge is 0.335 e. The number of nitrogens with zero attached hydrogens (tertiary/aromatic N) is 8. The molecule has 3 N–H and O–H groups in total. The Bertz CT molecular complexity index is 2100. The van der Waals surface area contributed by atoms with Gasteiger partial charge in [-0.3, -0.25) is 9.82 Å². The summed E-state index contributed by atoms with van der Waals surface area (Å²) in [6.07, 6.45) is 1.12. The number of aromatic amines is 1. The van der Waals surface area contributed by atoms with Gasteiger partial charge in [0.15, 0.2) is 17.3 Å². The third-order valence-corrected chi connectivity index (χ3v) is 8.31. The van der Waals surface area contributed by atoms with Crippen LogP contribution in [0, 0.1) is 18.3 Å². The van der Waals surface area contributed by atoms with Gasteiger partial charge in [-0.2, -0.15) is 15.0 Å². The van der Waals surface area contributed by atoms with E-state index in [0.29, 0.717) is 65.1 Å². The molecule has 0 saturated heterocycles. The molecule has 0 radical (unpaired) electrons. The summed E-state index contributed by atoms with van der Waals surface area (Å²) >= 11 is 0. The first-order chi connectivity index (χ1) is 21.8. The summed E-state index contributed by atoms with van der Waals surface area (Å²) in [5, 5.41) is 39.6. The number of aryl methyl sites for hydroxylation is 3. The van der Waals surface area contributed by atoms with Gasteiger partial charge in [-0.25, -0.2) is 22.9 Å². The first-order valence-electron chi connectivity index (χ1n) is 14.2. The molecule has 0 bridgehead atoms. The fourth-order valence-electron chi connectivity index (χ4n) is 4.62. The van der Waals surface area contributed by atoms with Crippen LogP contribution >= 0.6 is 0 Å². The van der Waals surface area contributed by atoms with E-state index in [1.165, 1.54) is 22.9 Å². The molecule has 3 aromatic heterocycles. The lowest BCUT2D eigenvalue weighted by molar-refractivity contribution is 0.0696. The maximum absolute atomic E-state index is 12.7. The van der Waals surface area contributed by atoms with Crippen LogP contribution in [0.3, 0.4) is 0 Å². The fourth-order valence-corrected chi connectivity index (χ4v) is 5.72. The number of nitrogens with one attached hydrogen (secondary N) is 2. The minimum Gasteiger partial charge on any atom is -0.494 e. The van der Waals surface area contributed by atoms with Crippen LogP contribution in [0.5, 0.6) is 5.75 Å². The molecule has 0 amide bonds. The Labute approximate surface area is 264 Å². The van der Waals surface area contributed by atoms with Crippen molar-refractivity contribution >= 4 is 38.8 Å². The van der Waals surface area contributed by atoms with Gasteiger partial charge in [-0.1, -0.05) is 26.8 Å². The standard InChI is InChI=1S/C30H32N10O5S/c1-18-23(17-31)27(39(5)35-18)34-33-25-26(30(2,3)4)37-40-28(25)32-24(36-40)10-7-15-45-21-13-11-20(12-14-21)38-46(43,44)22-9-6-8-19(16-22)29(41)42/h6,8-9,11-14,16,37-38H,7,10,15H2,1-5H3,(H,41,42). The van der Waals surface area contributed by atoms with Gasteiger partial charge < -0.3 is 9.84 Å². The maximum atomic E-state index is 12.7. The van der Waals surface area contributed by atoms with Gasteiger partial charge in [-0.15, -0.1) is 15.3 Å². The SMILES string of the molecule is Cc1nn(C)c(N=Nc2c(C(C)(C)C)[nH]n3nc(CCCOc4ccc(NS(=O)(=O)c5cccc(C(=O)O)c5)cc4)nc23)c1C#N. The maximum Gasteiger partial charge on any atom is 0.335 e. The van der Waals surface area contributed by atoms with Crippen LogP contribution < -0.4 is 9.46 Å². The highest BCUT2D eigenvalue weighted by molar-refractivity contribution is 7.92. The highest BCUT2D eigenvalue weighted by Gasteiger charge is 2.26. The molecular weight excluding hydrogens is 612 g/mol. The van der Waals surface area contributed by atoms with E-state index in [-0.39, 0.29) is 15.9 Å². The number of benzene rings is 2. The zero-order chi connectivity index (χ0) is 33.2. The van der Waals surface area contributed by atoms with Gasteiger partial charge in [0.1, 0.15) is 17.4 Å². The fraction of sp³-hybridized carbons (Fsp3) is 0.300. The van der Waals surface area contributed by atoms with Crippen LogP contribution in [0.4, 0.5) is 17.2 Å². The number of nitriles is 1. The molecule has 0 aliphatic heterocycles. The summed E-state index contributed by atoms with van der Waals surface area (Å²) in [6, 6.07) is 13.6. The number of fused-ring (bicyclic) bond motifs is 1. The zero-order valence-corrected chi connectivity index (χ0v) is 26.6. The van der Waals surface area contributed by atoms with E-state index in [4.69, 9.17) is 9.84 Å². The molecule has 0 fully saturated rings. The molecule has 0 spiro atoms. The Morgan fingerprint density at radius 3 is 2.57 bits per heavy atom. The number of aromatic carboxylic acids is 1. The van der Waals surface area contributed by atoms with E-state index in [1.54, 1.807) is 42.9 Å². The number of sulfonamides is 1. The topological polar surface area (TPSA) is 205 Å². The van der Waals surface area contributed by atoms with E-state index in [0.717, 1.165) is 11.8 Å². The Balaban J connectivity index is 1.22. The summed E-state index contributed by atoms with van der Waals surface area (Å²) in [5.74, 6) is 0.262. The molecule has 2 aromatic carbocycles. The molecular formula is C30H32N10O5S. The number of aromatic nitrogens is 6. The summed E-state index contributed by atoms with van der Waals surface area (Å²) in [5.41, 5.74) is 2.62. The quantitative estimate of drug-likeness (QED) is 0.127. The second-order valence-corrected chi connectivity index (χ2v) is 13.2. The molecule has 238 valence electrons. The number of carboxylic acids is 1. The first kappa shape index (κ1) is 31.9. The lowest BCUT2D eigenvalue weighted by Gasteiger charge is -2.16. The molecule has 46 heavy (non-hydrogen) atoms. The van der Waals surface area contributed by atoms with Crippen molar-refractivity contribution in [3.8, 4) is 11.8 Å². The van der Waals surface area contributed by atoms with Gasteiger partial charge in [0.05, 0.1) is 28.5 Å². The third-order valence-electron chi connectivity index (χ3n) is 6.93. The lowest BCUT2D eigenvalue weighted by atomic mass is 9.91. The van der Waals surface area contributed by atoms with Crippen molar-refractivity contribution in [2.75, 3.05) is 11.3 Å². The number of anilines is 1. The number of azo groups is 1. The predicted octanol–water partition coefficient (Wildman–Crippen LogP) is 5.19. The van der Waals surface area contributed by atoms with E-state index in [1.807, 2.05) is 20.8 Å². The highest BCUT2D eigenvalue weighted by atomic mass is 32.2. The van der Waals surface area contributed by atoms with Crippen LogP contribution in [0.25, 0.3) is 5.65 Å². The van der Waals surface area contributed by atoms with E-state index in [2.05, 4.69) is 41.3 Å². The van der Waals surface area contributed by atoms with Crippen molar-refractivity contribution in [1.82, 2.24) is 29.6 Å². The van der Waals surface area contributed by atoms with E-state index in [9.17, 15) is 18.5 Å². The average Bonchev–Trinajstić information content (AvgIpc) is 3.64. The number of carboxylic acid groups (broad SMARTS) is 1. The van der Waals surface area contributed by atoms with Gasteiger partial charge in [-0.05, 0) is 55.8 Å². The molecule has 5 rings (SSSR count). The summed E-state index contributed by atoms with van der Waals surface area (Å²) < 4.78 is 36.8. The molecule has 0 aliphatic rings. The monoisotopic (exact) mass is 644 g/mol. The van der Waals surface area contributed by atoms with Crippen LogP contribution in [-0.4, -0.2) is 55.7 Å². The second kappa shape index (κ2) is 12.4. The molecule has 0 aliphatic carbocycles. The Morgan fingerprint density at radius 1 is 1.15 bits per heavy atom. The van der Waals surface area contributed by atoms with Crippen LogP contribution in [0.2, 0.25) is 0 Å². The van der Waals surface area contributed by atoms with Crippen LogP contribution in [0.1, 0.15) is 60.3 Å². The molecule has 0 unspecified atom stereocenters. The number of ether oxygens (including phenoxy) is 1. The molecule has 0 saturated carbocycles. The Morgan fingerprint density at radius 2 is 1.89 bits per heavy atom. The highest BCUT2D eigenvalue weighted by Crippen LogP contribution is 2.35. The first-order valence-corrected chi connectivity index (χ1v) is 15.7. The number of hydrogen-bond acceptors (Lipinski definition) is 10. The number of rotatable bonds is 11. The summed E-state index contributed by atoms with van der Waals surface area (Å²) in [6.45, 7) is 8.20. The molecule has 0 atom stereocenters. The third kappa shape index (κ3) is 6.74. The molecule has 15 nitrogen and oxygen atoms in total. The number of carbonyl (C=O) groups is 1. The van der Waals surface area contributed by atoms with Crippen LogP contribution in [-0.2, 0) is 28.9 Å². The average molecular weight is 645 g/mol. The van der Waals surface area contributed by atoms with Gasteiger partial charge >= 0.3 is 5.97 Å². The number of hydrogen-bond donors (Lipinski definition) is 3. The van der Waals surface area contributed by atoms with Crippen molar-refractivity contribution in [1.29, 1.82) is 5.26 Å². The second-order valence-electron chi connectivity index (χ2n) is 11.5. The summed E-state index contributed by atoms with van der Waals surface area (Å²) in [4.78, 5) is 15.7. The van der Waals surface area contributed by atoms with E-state index < -0.39 is 16.0 Å². The van der Waals surface area contributed by atoms with Gasteiger partial charge in [0.25, 0.3) is 10.0 Å². The number of H-pyrrole nitrogens is 1. The zero-order valence-electron chi connectivity index (χ0n) is 25.8.